The number of para-hydroxylation sites is 1. The van der Waals surface area contributed by atoms with Gasteiger partial charge in [0.25, 0.3) is 0 Å². The molecule has 0 saturated carbocycles. The lowest BCUT2D eigenvalue weighted by Crippen LogP contribution is -2.39. The van der Waals surface area contributed by atoms with Crippen LogP contribution in [0.15, 0.2) is 24.3 Å². The average molecular weight is 294 g/mol. The number of nitrogens with one attached hydrogen (secondary N) is 1. The molecule has 0 aliphatic rings. The summed E-state index contributed by atoms with van der Waals surface area (Å²) in [4.78, 5) is 13.2. The van der Waals surface area contributed by atoms with Gasteiger partial charge in [-0.1, -0.05) is 18.2 Å². The summed E-state index contributed by atoms with van der Waals surface area (Å²) < 4.78 is 5.37. The number of methoxy groups -OCH3 is 1. The molecule has 1 aromatic carbocycles. The van der Waals surface area contributed by atoms with E-state index in [-0.39, 0.29) is 0 Å². The quantitative estimate of drug-likeness (QED) is 0.725. The summed E-state index contributed by atoms with van der Waals surface area (Å²) in [5.41, 5.74) is 1.17. The summed E-state index contributed by atoms with van der Waals surface area (Å²) in [7, 11) is 5.38. The lowest BCUT2D eigenvalue weighted by atomic mass is 10.0. The topological polar surface area (TPSA) is 61.8 Å². The van der Waals surface area contributed by atoms with Crippen LogP contribution in [0, 0.1) is 0 Å². The van der Waals surface area contributed by atoms with E-state index >= 15 is 0 Å². The number of rotatable bonds is 9. The predicted molar refractivity (Wildman–Crippen MR) is 83.9 cm³/mol. The largest absolute Gasteiger partial charge is 0.496 e. The monoisotopic (exact) mass is 294 g/mol. The third kappa shape index (κ3) is 5.36. The molecule has 0 saturated heterocycles. The summed E-state index contributed by atoms with van der Waals surface area (Å²) in [6.07, 6.45) is 1.45. The normalized spacial score (nSPS) is 14.0. The number of likely N-dealkylation sites (N-methyl/N-ethyl adjacent to an activating group) is 2. The SMILES string of the molecule is CNC(CCN(C)C(C)Cc1ccccc1OC)C(=O)O. The first-order valence-corrected chi connectivity index (χ1v) is 7.21. The van der Waals surface area contributed by atoms with Gasteiger partial charge in [0.05, 0.1) is 7.11 Å². The molecule has 2 unspecified atom stereocenters. The molecule has 0 aliphatic heterocycles. The van der Waals surface area contributed by atoms with Crippen LogP contribution in [-0.2, 0) is 11.2 Å². The summed E-state index contributed by atoms with van der Waals surface area (Å²) in [6.45, 7) is 2.87. The molecule has 1 rings (SSSR count). The molecule has 5 heteroatoms. The third-order valence-corrected chi connectivity index (χ3v) is 3.88. The van der Waals surface area contributed by atoms with Crippen molar-refractivity contribution in [1.82, 2.24) is 10.2 Å². The van der Waals surface area contributed by atoms with Crippen LogP contribution >= 0.6 is 0 Å². The van der Waals surface area contributed by atoms with Crippen molar-refractivity contribution in [2.45, 2.75) is 31.8 Å². The lowest BCUT2D eigenvalue weighted by molar-refractivity contribution is -0.139. The second kappa shape index (κ2) is 8.64. The molecule has 5 nitrogen and oxygen atoms in total. The first kappa shape index (κ1) is 17.5. The molecule has 0 fully saturated rings. The Balaban J connectivity index is 2.54. The van der Waals surface area contributed by atoms with Gasteiger partial charge in [0.15, 0.2) is 0 Å². The van der Waals surface area contributed by atoms with Gasteiger partial charge in [-0.05, 0) is 45.5 Å². The third-order valence-electron chi connectivity index (χ3n) is 3.88. The highest BCUT2D eigenvalue weighted by molar-refractivity contribution is 5.73. The molecule has 1 aromatic rings. The first-order valence-electron chi connectivity index (χ1n) is 7.21. The molecule has 21 heavy (non-hydrogen) atoms. The Hall–Kier alpha value is -1.59. The van der Waals surface area contributed by atoms with Gasteiger partial charge < -0.3 is 20.1 Å². The standard InChI is InChI=1S/C16H26N2O3/c1-12(11-13-7-5-6-8-15(13)21-4)18(3)10-9-14(17-2)16(19)20/h5-8,12,14,17H,9-11H2,1-4H3,(H,19,20). The molecule has 0 spiro atoms. The van der Waals surface area contributed by atoms with Gasteiger partial charge in [-0.3, -0.25) is 4.79 Å². The molecule has 0 heterocycles. The maximum Gasteiger partial charge on any atom is 0.320 e. The molecule has 118 valence electrons. The molecule has 0 aliphatic carbocycles. The van der Waals surface area contributed by atoms with Gasteiger partial charge in [-0.2, -0.15) is 0 Å². The van der Waals surface area contributed by atoms with E-state index in [1.54, 1.807) is 14.2 Å². The Morgan fingerprint density at radius 1 is 1.43 bits per heavy atom. The van der Waals surface area contributed by atoms with Crippen molar-refractivity contribution in [3.05, 3.63) is 29.8 Å². The van der Waals surface area contributed by atoms with E-state index in [9.17, 15) is 4.79 Å². The fraction of sp³-hybridized carbons (Fsp3) is 0.562. The van der Waals surface area contributed by atoms with Gasteiger partial charge in [0.2, 0.25) is 0 Å². The summed E-state index contributed by atoms with van der Waals surface area (Å²) in [6, 6.07) is 7.81. The number of hydrogen-bond acceptors (Lipinski definition) is 4. The molecule has 2 N–H and O–H groups in total. The zero-order valence-electron chi connectivity index (χ0n) is 13.3. The summed E-state index contributed by atoms with van der Waals surface area (Å²) >= 11 is 0. The highest BCUT2D eigenvalue weighted by Gasteiger charge is 2.18. The van der Waals surface area contributed by atoms with E-state index in [4.69, 9.17) is 9.84 Å². The smallest absolute Gasteiger partial charge is 0.320 e. The molecule has 0 bridgehead atoms. The zero-order chi connectivity index (χ0) is 15.8. The maximum absolute atomic E-state index is 11.0. The van der Waals surface area contributed by atoms with Gasteiger partial charge >= 0.3 is 5.97 Å². The Kier molecular flexibility index (Phi) is 7.19. The van der Waals surface area contributed by atoms with Crippen LogP contribution in [0.4, 0.5) is 0 Å². The molecule has 2 atom stereocenters. The van der Waals surface area contributed by atoms with Crippen molar-refractivity contribution in [3.8, 4) is 5.75 Å². The molecular weight excluding hydrogens is 268 g/mol. The van der Waals surface area contributed by atoms with Crippen molar-refractivity contribution in [1.29, 1.82) is 0 Å². The Morgan fingerprint density at radius 3 is 2.67 bits per heavy atom. The number of ether oxygens (including phenoxy) is 1. The number of nitrogens with zero attached hydrogens (tertiary/aromatic N) is 1. The van der Waals surface area contributed by atoms with Crippen LogP contribution in [0.3, 0.4) is 0 Å². The number of carbonyl (C=O) groups is 1. The van der Waals surface area contributed by atoms with Crippen molar-refractivity contribution < 1.29 is 14.6 Å². The number of carboxylic acids is 1. The highest BCUT2D eigenvalue weighted by Crippen LogP contribution is 2.20. The zero-order valence-corrected chi connectivity index (χ0v) is 13.3. The van der Waals surface area contributed by atoms with Crippen molar-refractivity contribution >= 4 is 5.97 Å². The van der Waals surface area contributed by atoms with Gasteiger partial charge in [0, 0.05) is 12.6 Å². The minimum absolute atomic E-state index is 0.313. The highest BCUT2D eigenvalue weighted by atomic mass is 16.5. The summed E-state index contributed by atoms with van der Waals surface area (Å²) in [5, 5.41) is 11.8. The second-order valence-electron chi connectivity index (χ2n) is 5.31. The van der Waals surface area contributed by atoms with Crippen LogP contribution < -0.4 is 10.1 Å². The van der Waals surface area contributed by atoms with Gasteiger partial charge in [0.1, 0.15) is 11.8 Å². The minimum atomic E-state index is -0.803. The van der Waals surface area contributed by atoms with Crippen LogP contribution in [0.25, 0.3) is 0 Å². The molecule has 0 aromatic heterocycles. The van der Waals surface area contributed by atoms with E-state index in [0.717, 1.165) is 18.7 Å². The minimum Gasteiger partial charge on any atom is -0.496 e. The van der Waals surface area contributed by atoms with E-state index in [1.807, 2.05) is 25.2 Å². The maximum atomic E-state index is 11.0. The summed E-state index contributed by atoms with van der Waals surface area (Å²) in [5.74, 6) is 0.0969. The van der Waals surface area contributed by atoms with E-state index in [1.165, 1.54) is 5.56 Å². The van der Waals surface area contributed by atoms with Gasteiger partial charge in [-0.25, -0.2) is 0 Å². The molecule has 0 amide bonds. The van der Waals surface area contributed by atoms with E-state index in [2.05, 4.69) is 23.2 Å². The predicted octanol–water partition coefficient (Wildman–Crippen LogP) is 1.62. The van der Waals surface area contributed by atoms with Gasteiger partial charge in [-0.15, -0.1) is 0 Å². The lowest BCUT2D eigenvalue weighted by Gasteiger charge is -2.26. The number of benzene rings is 1. The Labute approximate surface area is 126 Å². The average Bonchev–Trinajstić information content (AvgIpc) is 2.47. The molecular formula is C16H26N2O3. The second-order valence-corrected chi connectivity index (χ2v) is 5.31. The first-order chi connectivity index (χ1) is 9.99. The fourth-order valence-electron chi connectivity index (χ4n) is 2.29. The fourth-order valence-corrected chi connectivity index (χ4v) is 2.29. The van der Waals surface area contributed by atoms with Crippen molar-refractivity contribution in [3.63, 3.8) is 0 Å². The number of hydrogen-bond donors (Lipinski definition) is 2. The van der Waals surface area contributed by atoms with Crippen molar-refractivity contribution in [2.75, 3.05) is 27.7 Å². The van der Waals surface area contributed by atoms with E-state index in [0.29, 0.717) is 12.5 Å². The van der Waals surface area contributed by atoms with Crippen LogP contribution in [0.5, 0.6) is 5.75 Å². The Morgan fingerprint density at radius 2 is 2.10 bits per heavy atom. The van der Waals surface area contributed by atoms with Crippen LogP contribution in [0.1, 0.15) is 18.9 Å². The van der Waals surface area contributed by atoms with Crippen LogP contribution in [0.2, 0.25) is 0 Å². The molecule has 0 radical (unpaired) electrons. The number of aliphatic carboxylic acids is 1. The number of carboxylic acid groups (broad SMARTS) is 1. The van der Waals surface area contributed by atoms with E-state index < -0.39 is 12.0 Å². The van der Waals surface area contributed by atoms with Crippen molar-refractivity contribution in [2.24, 2.45) is 0 Å². The Bertz CT molecular complexity index is 451. The van der Waals surface area contributed by atoms with Crippen LogP contribution in [-0.4, -0.2) is 55.8 Å².